The van der Waals surface area contributed by atoms with Crippen LogP contribution in [0.4, 0.5) is 0 Å². The summed E-state index contributed by atoms with van der Waals surface area (Å²) in [5.41, 5.74) is -0.0729. The number of methoxy groups -OCH3 is 1. The predicted octanol–water partition coefficient (Wildman–Crippen LogP) is 2.49. The van der Waals surface area contributed by atoms with Crippen molar-refractivity contribution in [2.45, 2.75) is 51.1 Å². The van der Waals surface area contributed by atoms with Crippen LogP contribution in [0.15, 0.2) is 42.1 Å². The Morgan fingerprint density at radius 2 is 2.03 bits per heavy atom. The number of H-pyrrole nitrogens is 1. The molecule has 2 heterocycles. The molecule has 2 saturated carbocycles. The molecule has 190 valence electrons. The van der Waals surface area contributed by atoms with Crippen molar-refractivity contribution < 1.29 is 34.0 Å². The highest BCUT2D eigenvalue weighted by Crippen LogP contribution is 2.66. The van der Waals surface area contributed by atoms with Gasteiger partial charge in [-0.3, -0.25) is 0 Å². The van der Waals surface area contributed by atoms with Crippen molar-refractivity contribution in [3.63, 3.8) is 0 Å². The van der Waals surface area contributed by atoms with Crippen molar-refractivity contribution in [3.05, 3.63) is 47.8 Å². The van der Waals surface area contributed by atoms with Crippen LogP contribution in [0.5, 0.6) is 0 Å². The summed E-state index contributed by atoms with van der Waals surface area (Å²) in [4.78, 5) is 28.2. The van der Waals surface area contributed by atoms with Gasteiger partial charge in [-0.25, -0.2) is 9.59 Å². The lowest BCUT2D eigenvalue weighted by atomic mass is 9.46. The molecule has 1 unspecified atom stereocenters. The van der Waals surface area contributed by atoms with Gasteiger partial charge in [0, 0.05) is 42.9 Å². The topological polar surface area (TPSA) is 118 Å². The lowest BCUT2D eigenvalue weighted by molar-refractivity contribution is -0.182. The van der Waals surface area contributed by atoms with Gasteiger partial charge in [0.15, 0.2) is 6.10 Å². The monoisotopic (exact) mass is 485 g/mol. The fourth-order valence-corrected chi connectivity index (χ4v) is 7.19. The highest BCUT2D eigenvalue weighted by molar-refractivity contribution is 5.87. The van der Waals surface area contributed by atoms with E-state index >= 15 is 0 Å². The highest BCUT2D eigenvalue weighted by atomic mass is 16.6. The number of ether oxygens (including phenoxy) is 3. The molecule has 35 heavy (non-hydrogen) atoms. The average Bonchev–Trinajstić information content (AvgIpc) is 3.41. The zero-order valence-corrected chi connectivity index (χ0v) is 20.6. The Kier molecular flexibility index (Phi) is 6.18. The number of aromatic amines is 1. The number of hydrogen-bond donors (Lipinski definition) is 3. The van der Waals surface area contributed by atoms with Crippen LogP contribution in [0.25, 0.3) is 0 Å². The van der Waals surface area contributed by atoms with Crippen LogP contribution in [0.1, 0.15) is 37.7 Å². The molecule has 0 aromatic carbocycles. The first-order valence-electron chi connectivity index (χ1n) is 12.5. The normalized spacial score (nSPS) is 46.2. The minimum atomic E-state index is -1.26. The fraction of sp³-hybridized carbons (Fsp3) is 0.630. The number of rotatable bonds is 3. The van der Waals surface area contributed by atoms with Crippen molar-refractivity contribution in [1.82, 2.24) is 4.98 Å². The Bertz CT molecular complexity index is 1030. The summed E-state index contributed by atoms with van der Waals surface area (Å²) in [5, 5.41) is 23.7. The van der Waals surface area contributed by atoms with Crippen LogP contribution < -0.4 is 0 Å². The van der Waals surface area contributed by atoms with Crippen molar-refractivity contribution in [2.24, 2.45) is 41.4 Å². The molecule has 11 atom stereocenters. The first-order valence-corrected chi connectivity index (χ1v) is 12.5. The van der Waals surface area contributed by atoms with Crippen molar-refractivity contribution in [3.8, 4) is 0 Å². The summed E-state index contributed by atoms with van der Waals surface area (Å²) in [7, 11) is 1.48. The number of fused-ring (bicyclic) bond motifs is 6. The molecule has 8 heteroatoms. The third kappa shape index (κ3) is 3.69. The van der Waals surface area contributed by atoms with E-state index < -0.39 is 35.9 Å². The van der Waals surface area contributed by atoms with Gasteiger partial charge >= 0.3 is 11.9 Å². The molecule has 1 aromatic heterocycles. The molecular weight excluding hydrogens is 450 g/mol. The van der Waals surface area contributed by atoms with Gasteiger partial charge in [-0.2, -0.15) is 0 Å². The van der Waals surface area contributed by atoms with E-state index in [1.54, 1.807) is 18.3 Å². The standard InChI is InChI=1S/C27H35NO7/c1-13-10-14(2)27(32)16(11-19(33-4)26(31)34-12-13)7-8-17-20-21(22(17)27)23(29)15(3)24(20)35-25(30)18-6-5-9-28-18/h5-10,13,15-17,19-24,28-29,32H,11-12H2,1-4H3/b14-10+/t13-,15-,16-,17+,19+,20+,21?,22+,23-,24-,27+/m1/s1. The summed E-state index contributed by atoms with van der Waals surface area (Å²) in [6.45, 7) is 5.98. The molecular formula is C27H35NO7. The van der Waals surface area contributed by atoms with Crippen LogP contribution in [0.3, 0.4) is 0 Å². The summed E-state index contributed by atoms with van der Waals surface area (Å²) in [6, 6.07) is 3.41. The molecule has 4 aliphatic rings. The molecule has 1 aromatic rings. The molecule has 1 aliphatic heterocycles. The molecule has 3 N–H and O–H groups in total. The maximum absolute atomic E-state index is 12.7. The Labute approximate surface area is 205 Å². The molecule has 0 saturated heterocycles. The van der Waals surface area contributed by atoms with Gasteiger partial charge in [0.05, 0.1) is 18.3 Å². The molecule has 0 radical (unpaired) electrons. The first-order chi connectivity index (χ1) is 16.7. The Morgan fingerprint density at radius 3 is 2.71 bits per heavy atom. The smallest absolute Gasteiger partial charge is 0.355 e. The lowest BCUT2D eigenvalue weighted by Crippen LogP contribution is -2.65. The second-order valence-corrected chi connectivity index (χ2v) is 10.8. The minimum Gasteiger partial charge on any atom is -0.463 e. The Hall–Kier alpha value is -2.42. The summed E-state index contributed by atoms with van der Waals surface area (Å²) < 4.78 is 16.8. The van der Waals surface area contributed by atoms with Crippen LogP contribution in [0.2, 0.25) is 0 Å². The van der Waals surface area contributed by atoms with E-state index in [1.165, 1.54) is 7.11 Å². The van der Waals surface area contributed by atoms with E-state index in [9.17, 15) is 19.8 Å². The lowest BCUT2D eigenvalue weighted by Gasteiger charge is -2.61. The number of aromatic nitrogens is 1. The molecule has 8 nitrogen and oxygen atoms in total. The van der Waals surface area contributed by atoms with Gasteiger partial charge in [0.2, 0.25) is 0 Å². The van der Waals surface area contributed by atoms with Gasteiger partial charge in [0.25, 0.3) is 0 Å². The third-order valence-corrected chi connectivity index (χ3v) is 8.92. The molecule has 0 bridgehead atoms. The quantitative estimate of drug-likeness (QED) is 0.445. The van der Waals surface area contributed by atoms with E-state index in [-0.39, 0.29) is 54.5 Å². The van der Waals surface area contributed by atoms with Gasteiger partial charge in [-0.1, -0.05) is 32.1 Å². The summed E-state index contributed by atoms with van der Waals surface area (Å²) in [6.07, 6.45) is 6.01. The van der Waals surface area contributed by atoms with Crippen LogP contribution >= 0.6 is 0 Å². The number of aliphatic hydroxyl groups excluding tert-OH is 1. The van der Waals surface area contributed by atoms with E-state index in [0.29, 0.717) is 5.69 Å². The van der Waals surface area contributed by atoms with Crippen molar-refractivity contribution in [2.75, 3.05) is 13.7 Å². The van der Waals surface area contributed by atoms with Gasteiger partial charge in [0.1, 0.15) is 11.8 Å². The van der Waals surface area contributed by atoms with Crippen LogP contribution in [-0.4, -0.2) is 64.8 Å². The number of aliphatic hydroxyl groups is 2. The van der Waals surface area contributed by atoms with E-state index in [0.717, 1.165) is 5.57 Å². The zero-order chi connectivity index (χ0) is 25.1. The maximum atomic E-state index is 12.7. The first kappa shape index (κ1) is 24.3. The highest BCUT2D eigenvalue weighted by Gasteiger charge is 2.70. The molecule has 5 rings (SSSR count). The van der Waals surface area contributed by atoms with Crippen molar-refractivity contribution >= 4 is 11.9 Å². The van der Waals surface area contributed by atoms with Crippen molar-refractivity contribution in [1.29, 1.82) is 0 Å². The maximum Gasteiger partial charge on any atom is 0.355 e. The molecule has 0 spiro atoms. The van der Waals surface area contributed by atoms with Gasteiger partial charge < -0.3 is 29.4 Å². The Morgan fingerprint density at radius 1 is 1.26 bits per heavy atom. The molecule has 2 fully saturated rings. The van der Waals surface area contributed by atoms with E-state index in [1.807, 2.05) is 32.9 Å². The SMILES string of the molecule is CO[C@H]1C[C@H]2C=C[C@H]3[C@H]4C([C@H]3[C@]2(O)/C(C)=C/[C@@H](C)COC1=O)[C@H](O)[C@@H](C)[C@H]4OC(=O)c1ccc[nH]1. The second kappa shape index (κ2) is 8.91. The van der Waals surface area contributed by atoms with E-state index in [2.05, 4.69) is 11.1 Å². The summed E-state index contributed by atoms with van der Waals surface area (Å²) >= 11 is 0. The van der Waals surface area contributed by atoms with Gasteiger partial charge in [-0.05, 0) is 42.9 Å². The number of carbonyl (C=O) groups excluding carboxylic acids is 2. The average molecular weight is 486 g/mol. The molecule has 3 aliphatic carbocycles. The molecule has 0 amide bonds. The predicted molar refractivity (Wildman–Crippen MR) is 126 cm³/mol. The van der Waals surface area contributed by atoms with E-state index in [4.69, 9.17) is 14.2 Å². The number of carbonyl (C=O) groups is 2. The second-order valence-electron chi connectivity index (χ2n) is 10.8. The largest absolute Gasteiger partial charge is 0.463 e. The Balaban J connectivity index is 1.50. The van der Waals surface area contributed by atoms with Crippen LogP contribution in [-0.2, 0) is 19.0 Å². The number of allylic oxidation sites excluding steroid dienone is 1. The van der Waals surface area contributed by atoms with Gasteiger partial charge in [-0.15, -0.1) is 0 Å². The number of hydrogen-bond acceptors (Lipinski definition) is 7. The summed E-state index contributed by atoms with van der Waals surface area (Å²) in [5.74, 6) is -2.24. The third-order valence-electron chi connectivity index (χ3n) is 8.92. The number of cyclic esters (lactones) is 1. The van der Waals surface area contributed by atoms with Crippen LogP contribution in [0, 0.1) is 41.4 Å². The zero-order valence-electron chi connectivity index (χ0n) is 20.6. The number of esters is 2. The fourth-order valence-electron chi connectivity index (χ4n) is 7.19. The number of nitrogens with one attached hydrogen (secondary N) is 1. The minimum absolute atomic E-state index is 0.0585.